The number of carbonyl (C=O) groups is 1. The standard InChI is InChI=1S/C71H123NO18/c1-3-5-7-9-11-13-15-17-19-21-23-24-25-26-27-28-29-30-31-33-35-37-39-41-43-45-47-49-59(77)72-54(55(76)48-46-44-42-40-38-36-34-32-22-20-18-16-14-12-10-8-6-4-2)53-85-69-65(83)62(80)67(57(51-74)87-69)90-71-66(84)63(81)68(58(52-75)88-71)89-70-64(82)61(79)60(78)56(50-73)86-70/h5,7,11,13,17,19,23-24,26-27,38,40,46,48,54-58,60-71,73-76,78-84H,3-4,6,8-10,12,14-16,18,20-22,25,28-37,39,41-45,47,49-53H2,1-2H3,(H,72,77)/b7-5-,13-11-,19-17-,24-23-,27-26-,40-38+,48-46+. The van der Waals surface area contributed by atoms with Gasteiger partial charge in [0, 0.05) is 6.42 Å². The lowest BCUT2D eigenvalue weighted by atomic mass is 9.96. The minimum absolute atomic E-state index is 0.227. The number of carbonyl (C=O) groups excluding carboxylic acids is 1. The highest BCUT2D eigenvalue weighted by molar-refractivity contribution is 5.76. The molecule has 0 bridgehead atoms. The molecule has 0 aromatic rings. The molecule has 0 radical (unpaired) electrons. The summed E-state index contributed by atoms with van der Waals surface area (Å²) in [6.45, 7) is 1.59. The first-order valence-electron chi connectivity index (χ1n) is 34.8. The van der Waals surface area contributed by atoms with E-state index < -0.39 is 124 Å². The van der Waals surface area contributed by atoms with Crippen molar-refractivity contribution >= 4 is 5.91 Å². The second-order valence-corrected chi connectivity index (χ2v) is 24.6. The van der Waals surface area contributed by atoms with Gasteiger partial charge in [-0.1, -0.05) is 227 Å². The summed E-state index contributed by atoms with van der Waals surface area (Å²) in [7, 11) is 0. The molecule has 12 N–H and O–H groups in total. The van der Waals surface area contributed by atoms with Crippen LogP contribution in [-0.4, -0.2) is 193 Å². The minimum Gasteiger partial charge on any atom is -0.394 e. The molecule has 3 heterocycles. The van der Waals surface area contributed by atoms with Crippen molar-refractivity contribution in [3.8, 4) is 0 Å². The number of nitrogens with one attached hydrogen (secondary N) is 1. The lowest BCUT2D eigenvalue weighted by Crippen LogP contribution is -2.66. The topological polar surface area (TPSA) is 307 Å². The zero-order valence-corrected chi connectivity index (χ0v) is 54.8. The van der Waals surface area contributed by atoms with Crippen molar-refractivity contribution in [2.75, 3.05) is 26.4 Å². The third-order valence-corrected chi connectivity index (χ3v) is 16.9. The van der Waals surface area contributed by atoms with E-state index in [4.69, 9.17) is 28.4 Å². The van der Waals surface area contributed by atoms with Crippen molar-refractivity contribution in [2.45, 2.75) is 330 Å². The Hall–Kier alpha value is -3.03. The van der Waals surface area contributed by atoms with E-state index in [9.17, 15) is 61.0 Å². The second-order valence-electron chi connectivity index (χ2n) is 24.6. The van der Waals surface area contributed by atoms with Crippen LogP contribution in [0.15, 0.2) is 85.1 Å². The monoisotopic (exact) mass is 1280 g/mol. The van der Waals surface area contributed by atoms with Gasteiger partial charge in [0.05, 0.1) is 38.6 Å². The molecule has 19 heteroatoms. The van der Waals surface area contributed by atoms with Crippen LogP contribution in [0.1, 0.15) is 226 Å². The van der Waals surface area contributed by atoms with Gasteiger partial charge in [-0.05, 0) is 77.0 Å². The normalized spacial score (nSPS) is 28.6. The minimum atomic E-state index is -1.98. The van der Waals surface area contributed by atoms with E-state index in [1.54, 1.807) is 6.08 Å². The Labute approximate surface area is 540 Å². The Morgan fingerprint density at radius 2 is 0.778 bits per heavy atom. The lowest BCUT2D eigenvalue weighted by Gasteiger charge is -2.48. The molecule has 0 aliphatic carbocycles. The van der Waals surface area contributed by atoms with Gasteiger partial charge in [0.15, 0.2) is 18.9 Å². The molecular formula is C71H123NO18. The van der Waals surface area contributed by atoms with Gasteiger partial charge in [-0.3, -0.25) is 4.79 Å². The zero-order valence-electron chi connectivity index (χ0n) is 54.8. The summed E-state index contributed by atoms with van der Waals surface area (Å²) in [4.78, 5) is 13.4. The molecule has 17 unspecified atom stereocenters. The van der Waals surface area contributed by atoms with Crippen molar-refractivity contribution in [3.63, 3.8) is 0 Å². The summed E-state index contributed by atoms with van der Waals surface area (Å²) in [5, 5.41) is 120. The SMILES string of the molecule is CC/C=C\C/C=C\C/C=C\C/C=C\C/C=C\CCCCCCCCCCCCCC(=O)NC(COC1OC(CO)C(OC2OC(CO)C(OC3OC(CO)C(O)C(O)C3O)C(O)C2O)C(O)C1O)C(O)/C=C/CC/C=C/CCCCCCCCCCCCCC. The number of unbranched alkanes of at least 4 members (excludes halogenated alkanes) is 24. The van der Waals surface area contributed by atoms with E-state index in [0.717, 1.165) is 83.5 Å². The number of aliphatic hydroxyl groups is 11. The van der Waals surface area contributed by atoms with E-state index in [1.165, 1.54) is 109 Å². The smallest absolute Gasteiger partial charge is 0.220 e. The molecule has 3 fully saturated rings. The van der Waals surface area contributed by atoms with E-state index in [2.05, 4.69) is 92.1 Å². The molecule has 19 nitrogen and oxygen atoms in total. The van der Waals surface area contributed by atoms with Gasteiger partial charge >= 0.3 is 0 Å². The van der Waals surface area contributed by atoms with Gasteiger partial charge in [-0.25, -0.2) is 0 Å². The molecule has 520 valence electrons. The van der Waals surface area contributed by atoms with Gasteiger partial charge in [-0.2, -0.15) is 0 Å². The Morgan fingerprint density at radius 3 is 1.24 bits per heavy atom. The summed E-state index contributed by atoms with van der Waals surface area (Å²) in [6.07, 6.45) is 39.8. The highest BCUT2D eigenvalue weighted by atomic mass is 16.8. The van der Waals surface area contributed by atoms with Crippen LogP contribution >= 0.6 is 0 Å². The summed E-state index contributed by atoms with van der Waals surface area (Å²) in [6, 6.07) is -0.997. The summed E-state index contributed by atoms with van der Waals surface area (Å²) in [5.74, 6) is -0.291. The Morgan fingerprint density at radius 1 is 0.411 bits per heavy atom. The second kappa shape index (κ2) is 52.3. The fourth-order valence-electron chi connectivity index (χ4n) is 11.3. The van der Waals surface area contributed by atoms with Crippen LogP contribution in [-0.2, 0) is 33.2 Å². The molecule has 1 amide bonds. The first-order valence-corrected chi connectivity index (χ1v) is 34.8. The van der Waals surface area contributed by atoms with Crippen molar-refractivity contribution in [2.24, 2.45) is 0 Å². The predicted molar refractivity (Wildman–Crippen MR) is 351 cm³/mol. The third-order valence-electron chi connectivity index (χ3n) is 16.9. The van der Waals surface area contributed by atoms with Crippen LogP contribution in [0.25, 0.3) is 0 Å². The molecule has 0 saturated carbocycles. The first kappa shape index (κ1) is 81.2. The van der Waals surface area contributed by atoms with E-state index in [-0.39, 0.29) is 18.9 Å². The van der Waals surface area contributed by atoms with Crippen LogP contribution < -0.4 is 5.32 Å². The molecule has 17 atom stereocenters. The highest BCUT2D eigenvalue weighted by Crippen LogP contribution is 2.33. The maximum atomic E-state index is 13.4. The van der Waals surface area contributed by atoms with Gasteiger partial charge < -0.3 is 89.9 Å². The number of ether oxygens (including phenoxy) is 6. The summed E-state index contributed by atoms with van der Waals surface area (Å²) < 4.78 is 34.3. The van der Waals surface area contributed by atoms with Gasteiger partial charge in [0.1, 0.15) is 73.2 Å². The molecular weight excluding hydrogens is 1150 g/mol. The maximum absolute atomic E-state index is 13.4. The number of hydrogen-bond donors (Lipinski definition) is 12. The molecule has 0 spiro atoms. The summed E-state index contributed by atoms with van der Waals surface area (Å²) >= 11 is 0. The van der Waals surface area contributed by atoms with Crippen LogP contribution in [0.5, 0.6) is 0 Å². The summed E-state index contributed by atoms with van der Waals surface area (Å²) in [5.41, 5.74) is 0. The van der Waals surface area contributed by atoms with Crippen molar-refractivity contribution in [1.29, 1.82) is 0 Å². The van der Waals surface area contributed by atoms with Crippen molar-refractivity contribution in [3.05, 3.63) is 85.1 Å². The number of amides is 1. The van der Waals surface area contributed by atoms with Crippen LogP contribution in [0.2, 0.25) is 0 Å². The molecule has 3 rings (SSSR count). The predicted octanol–water partition coefficient (Wildman–Crippen LogP) is 9.10. The van der Waals surface area contributed by atoms with Crippen molar-refractivity contribution in [1.82, 2.24) is 5.32 Å². The maximum Gasteiger partial charge on any atom is 0.220 e. The molecule has 3 aliphatic heterocycles. The first-order chi connectivity index (χ1) is 43.8. The third kappa shape index (κ3) is 33.9. The van der Waals surface area contributed by atoms with E-state index >= 15 is 0 Å². The van der Waals surface area contributed by atoms with Crippen LogP contribution in [0, 0.1) is 0 Å². The van der Waals surface area contributed by atoms with Crippen molar-refractivity contribution < 1.29 is 89.4 Å². The van der Waals surface area contributed by atoms with E-state index in [0.29, 0.717) is 12.8 Å². The fraction of sp³-hybridized carbons (Fsp3) is 0.789. The number of aliphatic hydroxyl groups excluding tert-OH is 11. The fourth-order valence-corrected chi connectivity index (χ4v) is 11.3. The average molecular weight is 1280 g/mol. The molecule has 90 heavy (non-hydrogen) atoms. The number of allylic oxidation sites excluding steroid dienone is 13. The van der Waals surface area contributed by atoms with E-state index in [1.807, 2.05) is 6.08 Å². The Balaban J connectivity index is 1.44. The molecule has 3 aliphatic rings. The quantitative estimate of drug-likeness (QED) is 0.0200. The van der Waals surface area contributed by atoms with Crippen LogP contribution in [0.4, 0.5) is 0 Å². The zero-order chi connectivity index (χ0) is 65.4. The number of rotatable bonds is 52. The van der Waals surface area contributed by atoms with Gasteiger partial charge in [0.25, 0.3) is 0 Å². The average Bonchev–Trinajstić information content (AvgIpc) is 0.866. The molecule has 0 aromatic carbocycles. The Kier molecular flexibility index (Phi) is 47.2. The molecule has 0 aromatic heterocycles. The molecule has 3 saturated heterocycles. The Bertz CT molecular complexity index is 1960. The van der Waals surface area contributed by atoms with Gasteiger partial charge in [0.2, 0.25) is 5.91 Å². The largest absolute Gasteiger partial charge is 0.394 e. The number of hydrogen-bond acceptors (Lipinski definition) is 18. The highest BCUT2D eigenvalue weighted by Gasteiger charge is 2.53. The van der Waals surface area contributed by atoms with Gasteiger partial charge in [-0.15, -0.1) is 0 Å². The lowest BCUT2D eigenvalue weighted by molar-refractivity contribution is -0.379. The van der Waals surface area contributed by atoms with Crippen LogP contribution in [0.3, 0.4) is 0 Å².